The molecule has 0 bridgehead atoms. The average Bonchev–Trinajstić information content (AvgIpc) is 1.39. The Labute approximate surface area is 43.1 Å². The molecule has 2 N–H and O–H groups in total. The fourth-order valence-corrected chi connectivity index (χ4v) is 0. The van der Waals surface area contributed by atoms with Gasteiger partial charge in [0, 0.05) is 0 Å². The van der Waals surface area contributed by atoms with Gasteiger partial charge in [0.2, 0.25) is 0 Å². The van der Waals surface area contributed by atoms with E-state index in [2.05, 4.69) is 0 Å². The lowest BCUT2D eigenvalue weighted by atomic mass is 11.9. The van der Waals surface area contributed by atoms with Gasteiger partial charge in [-0.3, -0.25) is 0 Å². The van der Waals surface area contributed by atoms with Crippen LogP contribution in [0.2, 0.25) is 13.1 Å². The summed E-state index contributed by atoms with van der Waals surface area (Å²) in [6.07, 6.45) is 0. The molecule has 0 rings (SSSR count). The summed E-state index contributed by atoms with van der Waals surface area (Å²) in [6.45, 7) is 3.64. The molecule has 40 valence electrons. The van der Waals surface area contributed by atoms with Gasteiger partial charge in [-0.15, -0.1) is 0 Å². The predicted octanol–water partition coefficient (Wildman–Crippen LogP) is -1.78. The summed E-state index contributed by atoms with van der Waals surface area (Å²) in [5.74, 6) is 0. The van der Waals surface area contributed by atoms with Crippen LogP contribution in [0.3, 0.4) is 0 Å². The summed E-state index contributed by atoms with van der Waals surface area (Å²) in [4.78, 5) is 15.4. The molecule has 6 heavy (non-hydrogen) atoms. The van der Waals surface area contributed by atoms with Crippen molar-refractivity contribution in [2.75, 3.05) is 0 Å². The summed E-state index contributed by atoms with van der Waals surface area (Å²) in [7, 11) is -1.17. The van der Waals surface area contributed by atoms with Gasteiger partial charge in [0.15, 0.2) is 19.5 Å². The monoisotopic (exact) mass is 124 g/mol. The molecule has 0 aliphatic carbocycles. The Morgan fingerprint density at radius 2 is 1.00 bits per heavy atom. The quantitative estimate of drug-likeness (QED) is 0.375. The van der Waals surface area contributed by atoms with Crippen LogP contribution in [0, 0.1) is 0 Å². The highest BCUT2D eigenvalue weighted by Crippen LogP contribution is 1.25. The van der Waals surface area contributed by atoms with Crippen LogP contribution in [-0.2, 0) is 0 Å². The van der Waals surface area contributed by atoms with Crippen molar-refractivity contribution < 1.29 is 9.59 Å². The molecular formula is C2H12O2Si2. The molecule has 0 spiro atoms. The Balaban J connectivity index is 0. The molecule has 0 heterocycles. The van der Waals surface area contributed by atoms with Crippen LogP contribution in [0.5, 0.6) is 0 Å². The van der Waals surface area contributed by atoms with Gasteiger partial charge in [-0.1, -0.05) is 13.1 Å². The Morgan fingerprint density at radius 1 is 1.00 bits per heavy atom. The van der Waals surface area contributed by atoms with Crippen molar-refractivity contribution in [3.05, 3.63) is 0 Å². The summed E-state index contributed by atoms with van der Waals surface area (Å²) >= 11 is 0. The zero-order chi connectivity index (χ0) is 5.41. The van der Waals surface area contributed by atoms with Crippen LogP contribution in [-0.4, -0.2) is 29.1 Å². The minimum atomic E-state index is -0.583. The van der Waals surface area contributed by atoms with Gasteiger partial charge in [0.05, 0.1) is 0 Å². The van der Waals surface area contributed by atoms with E-state index in [1.165, 1.54) is 0 Å². The predicted molar refractivity (Wildman–Crippen MR) is 33.3 cm³/mol. The second kappa shape index (κ2) is 18.3. The average molecular weight is 124 g/mol. The van der Waals surface area contributed by atoms with E-state index >= 15 is 0 Å². The molecule has 0 saturated carbocycles. The second-order valence-corrected chi connectivity index (χ2v) is 1.90. The van der Waals surface area contributed by atoms with Gasteiger partial charge in [-0.25, -0.2) is 0 Å². The van der Waals surface area contributed by atoms with Gasteiger partial charge >= 0.3 is 0 Å². The number of hydrogen-bond donors (Lipinski definition) is 2. The zero-order valence-electron chi connectivity index (χ0n) is 4.31. The van der Waals surface area contributed by atoms with E-state index in [4.69, 9.17) is 9.59 Å². The summed E-state index contributed by atoms with van der Waals surface area (Å²) in [5, 5.41) is 0. The normalized spacial score (nSPS) is 10.0. The van der Waals surface area contributed by atoms with E-state index in [1.54, 1.807) is 0 Å². The molecule has 0 aromatic rings. The van der Waals surface area contributed by atoms with Gasteiger partial charge in [0.1, 0.15) is 0 Å². The van der Waals surface area contributed by atoms with E-state index in [9.17, 15) is 0 Å². The lowest BCUT2D eigenvalue weighted by Crippen LogP contribution is -1.65. The largest absolute Gasteiger partial charge is 0.438 e. The molecule has 4 heteroatoms. The Morgan fingerprint density at radius 3 is 1.00 bits per heavy atom. The van der Waals surface area contributed by atoms with Gasteiger partial charge in [-0.2, -0.15) is 0 Å². The Hall–Kier alpha value is 0.354. The standard InChI is InChI=1S/2CH6OSi/c2*1-3-2/h2*2H,3H2,1H3. The smallest absolute Gasteiger partial charge is 0.153 e. The molecule has 0 aromatic carbocycles. The van der Waals surface area contributed by atoms with Gasteiger partial charge in [0.25, 0.3) is 0 Å². The first-order valence-corrected chi connectivity index (χ1v) is 6.14. The minimum absolute atomic E-state index is 0.583. The first kappa shape index (κ1) is 9.61. The van der Waals surface area contributed by atoms with Gasteiger partial charge in [-0.05, 0) is 0 Å². The molecular weight excluding hydrogens is 112 g/mol. The van der Waals surface area contributed by atoms with E-state index in [-0.39, 0.29) is 0 Å². The molecule has 2 nitrogen and oxygen atoms in total. The van der Waals surface area contributed by atoms with Crippen LogP contribution < -0.4 is 0 Å². The molecule has 0 saturated heterocycles. The molecule has 0 unspecified atom stereocenters. The van der Waals surface area contributed by atoms with Crippen LogP contribution in [0.1, 0.15) is 0 Å². The summed E-state index contributed by atoms with van der Waals surface area (Å²) in [5.41, 5.74) is 0. The molecule has 0 aromatic heterocycles. The highest BCUT2D eigenvalue weighted by Gasteiger charge is 1.40. The highest BCUT2D eigenvalue weighted by atomic mass is 28.2. The van der Waals surface area contributed by atoms with Gasteiger partial charge < -0.3 is 9.59 Å². The first-order valence-electron chi connectivity index (χ1n) is 2.05. The van der Waals surface area contributed by atoms with Crippen molar-refractivity contribution in [3.63, 3.8) is 0 Å². The molecule has 0 radical (unpaired) electrons. The SMILES string of the molecule is C[SiH2]O.C[SiH2]O. The number of hydrogen-bond acceptors (Lipinski definition) is 2. The maximum atomic E-state index is 7.71. The van der Waals surface area contributed by atoms with Crippen molar-refractivity contribution >= 4 is 19.5 Å². The molecule has 0 aliphatic rings. The van der Waals surface area contributed by atoms with Crippen LogP contribution >= 0.6 is 0 Å². The van der Waals surface area contributed by atoms with Crippen LogP contribution in [0.25, 0.3) is 0 Å². The third-order valence-electron chi connectivity index (χ3n) is 0. The Kier molecular flexibility index (Phi) is 29.3. The fourth-order valence-electron chi connectivity index (χ4n) is 0. The lowest BCUT2D eigenvalue weighted by Gasteiger charge is -1.49. The third kappa shape index (κ3) is 391. The number of rotatable bonds is 0. The van der Waals surface area contributed by atoms with E-state index in [0.717, 1.165) is 0 Å². The van der Waals surface area contributed by atoms with Crippen LogP contribution in [0.4, 0.5) is 0 Å². The van der Waals surface area contributed by atoms with Crippen molar-refractivity contribution in [1.82, 2.24) is 0 Å². The Bertz CT molecular complexity index is 11.5. The molecule has 0 aliphatic heterocycles. The van der Waals surface area contributed by atoms with Crippen LogP contribution in [0.15, 0.2) is 0 Å². The molecule has 0 amide bonds. The molecule has 0 atom stereocenters. The minimum Gasteiger partial charge on any atom is -0.438 e. The summed E-state index contributed by atoms with van der Waals surface area (Å²) in [6, 6.07) is 0. The van der Waals surface area contributed by atoms with E-state index < -0.39 is 19.5 Å². The maximum absolute atomic E-state index is 7.71. The van der Waals surface area contributed by atoms with E-state index in [0.29, 0.717) is 0 Å². The molecule has 0 fully saturated rings. The van der Waals surface area contributed by atoms with E-state index in [1.807, 2.05) is 13.1 Å². The third-order valence-corrected chi connectivity index (χ3v) is 0. The fraction of sp³-hybridized carbons (Fsp3) is 1.00. The van der Waals surface area contributed by atoms with Crippen molar-refractivity contribution in [2.45, 2.75) is 13.1 Å². The zero-order valence-corrected chi connectivity index (χ0v) is 7.14. The van der Waals surface area contributed by atoms with Crippen molar-refractivity contribution in [1.29, 1.82) is 0 Å². The topological polar surface area (TPSA) is 40.5 Å². The van der Waals surface area contributed by atoms with Crippen molar-refractivity contribution in [3.8, 4) is 0 Å². The maximum Gasteiger partial charge on any atom is 0.153 e. The summed E-state index contributed by atoms with van der Waals surface area (Å²) < 4.78 is 0. The first-order chi connectivity index (χ1) is 2.83. The van der Waals surface area contributed by atoms with Crippen molar-refractivity contribution in [2.24, 2.45) is 0 Å². The highest BCUT2D eigenvalue weighted by molar-refractivity contribution is 6.22. The second-order valence-electron chi connectivity index (χ2n) is 0.632. The lowest BCUT2D eigenvalue weighted by molar-refractivity contribution is 0.609.